The van der Waals surface area contributed by atoms with Crippen LogP contribution in [0, 0.1) is 5.92 Å². The molecule has 1 unspecified atom stereocenters. The van der Waals surface area contributed by atoms with Gasteiger partial charge < -0.3 is 10.1 Å². The molecule has 0 aromatic carbocycles. The Labute approximate surface area is 94.8 Å². The lowest BCUT2D eigenvalue weighted by Gasteiger charge is -2.22. The molecule has 2 heteroatoms. The summed E-state index contributed by atoms with van der Waals surface area (Å²) in [7, 11) is 1.77. The van der Waals surface area contributed by atoms with Crippen LogP contribution in [0.25, 0.3) is 0 Å². The molecule has 90 valence electrons. The average molecular weight is 213 g/mol. The lowest BCUT2D eigenvalue weighted by Crippen LogP contribution is -2.34. The summed E-state index contributed by atoms with van der Waals surface area (Å²) in [6.45, 7) is 4.21. The number of nitrogens with one attached hydrogen (secondary N) is 1. The standard InChI is InChI=1S/C13H27NO/c1-12(11-15-2)14-10-13-8-6-4-3-5-7-9-13/h12-14H,3-11H2,1-2H3. The van der Waals surface area contributed by atoms with Crippen LogP contribution in [0.15, 0.2) is 0 Å². The van der Waals surface area contributed by atoms with E-state index in [1.807, 2.05) is 0 Å². The number of ether oxygens (including phenoxy) is 1. The molecule has 15 heavy (non-hydrogen) atoms. The molecule has 0 aromatic heterocycles. The van der Waals surface area contributed by atoms with Crippen LogP contribution in [-0.4, -0.2) is 26.3 Å². The van der Waals surface area contributed by atoms with Crippen LogP contribution in [0.1, 0.15) is 51.9 Å². The molecule has 0 saturated heterocycles. The lowest BCUT2D eigenvalue weighted by molar-refractivity contribution is 0.168. The van der Waals surface area contributed by atoms with E-state index >= 15 is 0 Å². The van der Waals surface area contributed by atoms with E-state index in [-0.39, 0.29) is 0 Å². The average Bonchev–Trinajstić information content (AvgIpc) is 2.16. The van der Waals surface area contributed by atoms with E-state index in [1.165, 1.54) is 51.5 Å². The van der Waals surface area contributed by atoms with Crippen LogP contribution in [0.3, 0.4) is 0 Å². The van der Waals surface area contributed by atoms with E-state index in [0.29, 0.717) is 6.04 Å². The molecule has 0 spiro atoms. The van der Waals surface area contributed by atoms with Gasteiger partial charge >= 0.3 is 0 Å². The first kappa shape index (κ1) is 13.0. The summed E-state index contributed by atoms with van der Waals surface area (Å²) in [5, 5.41) is 3.58. The quantitative estimate of drug-likeness (QED) is 0.758. The van der Waals surface area contributed by atoms with Gasteiger partial charge in [0.2, 0.25) is 0 Å². The van der Waals surface area contributed by atoms with Crippen molar-refractivity contribution in [1.29, 1.82) is 0 Å². The fourth-order valence-electron chi connectivity index (χ4n) is 2.42. The molecule has 1 aliphatic rings. The first-order valence-corrected chi connectivity index (χ1v) is 6.55. The molecule has 0 heterocycles. The monoisotopic (exact) mass is 213 g/mol. The van der Waals surface area contributed by atoms with Gasteiger partial charge in [-0.25, -0.2) is 0 Å². The smallest absolute Gasteiger partial charge is 0.0613 e. The van der Waals surface area contributed by atoms with Crippen molar-refractivity contribution in [2.24, 2.45) is 5.92 Å². The molecule has 0 bridgehead atoms. The van der Waals surface area contributed by atoms with E-state index in [4.69, 9.17) is 4.74 Å². The van der Waals surface area contributed by atoms with Gasteiger partial charge in [0.05, 0.1) is 6.61 Å². The lowest BCUT2D eigenvalue weighted by atomic mass is 9.91. The predicted molar refractivity (Wildman–Crippen MR) is 65.1 cm³/mol. The van der Waals surface area contributed by atoms with Gasteiger partial charge in [0.25, 0.3) is 0 Å². The van der Waals surface area contributed by atoms with Crippen LogP contribution < -0.4 is 5.32 Å². The Kier molecular flexibility index (Phi) is 7.03. The van der Waals surface area contributed by atoms with Crippen molar-refractivity contribution in [1.82, 2.24) is 5.32 Å². The second-order valence-electron chi connectivity index (χ2n) is 4.98. The van der Waals surface area contributed by atoms with E-state index in [2.05, 4.69) is 12.2 Å². The minimum Gasteiger partial charge on any atom is -0.383 e. The van der Waals surface area contributed by atoms with E-state index in [1.54, 1.807) is 7.11 Å². The van der Waals surface area contributed by atoms with Crippen LogP contribution >= 0.6 is 0 Å². The van der Waals surface area contributed by atoms with Crippen molar-refractivity contribution in [2.75, 3.05) is 20.3 Å². The van der Waals surface area contributed by atoms with Gasteiger partial charge in [-0.2, -0.15) is 0 Å². The Morgan fingerprint density at radius 3 is 2.33 bits per heavy atom. The summed E-state index contributed by atoms with van der Waals surface area (Å²) in [6.07, 6.45) is 10.1. The normalized spacial score (nSPS) is 22.0. The summed E-state index contributed by atoms with van der Waals surface area (Å²) >= 11 is 0. The second-order valence-corrected chi connectivity index (χ2v) is 4.98. The molecular formula is C13H27NO. The Morgan fingerprint density at radius 2 is 1.73 bits per heavy atom. The first-order valence-electron chi connectivity index (χ1n) is 6.55. The number of hydrogen-bond acceptors (Lipinski definition) is 2. The fraction of sp³-hybridized carbons (Fsp3) is 1.00. The van der Waals surface area contributed by atoms with Crippen LogP contribution in [0.2, 0.25) is 0 Å². The van der Waals surface area contributed by atoms with Gasteiger partial charge in [0, 0.05) is 13.2 Å². The van der Waals surface area contributed by atoms with Gasteiger partial charge in [-0.05, 0) is 32.2 Å². The van der Waals surface area contributed by atoms with Crippen molar-refractivity contribution in [3.05, 3.63) is 0 Å². The van der Waals surface area contributed by atoms with Crippen molar-refractivity contribution in [3.63, 3.8) is 0 Å². The van der Waals surface area contributed by atoms with Crippen molar-refractivity contribution in [3.8, 4) is 0 Å². The van der Waals surface area contributed by atoms with Gasteiger partial charge in [-0.1, -0.05) is 32.1 Å². The first-order chi connectivity index (χ1) is 7.33. The molecule has 1 fully saturated rings. The minimum absolute atomic E-state index is 0.500. The third kappa shape index (κ3) is 6.16. The number of rotatable bonds is 5. The Bertz CT molecular complexity index is 141. The zero-order valence-electron chi connectivity index (χ0n) is 10.4. The van der Waals surface area contributed by atoms with Crippen molar-refractivity contribution >= 4 is 0 Å². The Morgan fingerprint density at radius 1 is 1.13 bits per heavy atom. The van der Waals surface area contributed by atoms with Crippen molar-refractivity contribution < 1.29 is 4.74 Å². The van der Waals surface area contributed by atoms with Gasteiger partial charge in [-0.15, -0.1) is 0 Å². The highest BCUT2D eigenvalue weighted by Crippen LogP contribution is 2.21. The molecule has 0 radical (unpaired) electrons. The summed E-state index contributed by atoms with van der Waals surface area (Å²) in [5.41, 5.74) is 0. The third-order valence-corrected chi connectivity index (χ3v) is 3.40. The van der Waals surface area contributed by atoms with Gasteiger partial charge in [0.1, 0.15) is 0 Å². The summed E-state index contributed by atoms with van der Waals surface area (Å²) < 4.78 is 5.13. The molecule has 0 aromatic rings. The van der Waals surface area contributed by atoms with E-state index in [9.17, 15) is 0 Å². The zero-order chi connectivity index (χ0) is 10.9. The largest absolute Gasteiger partial charge is 0.383 e. The third-order valence-electron chi connectivity index (χ3n) is 3.40. The molecular weight excluding hydrogens is 186 g/mol. The maximum absolute atomic E-state index is 5.13. The SMILES string of the molecule is COCC(C)NCC1CCCCCCC1. The van der Waals surface area contributed by atoms with Gasteiger partial charge in [0.15, 0.2) is 0 Å². The minimum atomic E-state index is 0.500. The number of methoxy groups -OCH3 is 1. The maximum Gasteiger partial charge on any atom is 0.0613 e. The maximum atomic E-state index is 5.13. The fourth-order valence-corrected chi connectivity index (χ4v) is 2.42. The molecule has 0 aliphatic heterocycles. The Hall–Kier alpha value is -0.0800. The molecule has 1 aliphatic carbocycles. The molecule has 1 rings (SSSR count). The predicted octanol–water partition coefficient (Wildman–Crippen LogP) is 2.97. The van der Waals surface area contributed by atoms with Crippen LogP contribution in [-0.2, 0) is 4.74 Å². The zero-order valence-corrected chi connectivity index (χ0v) is 10.4. The van der Waals surface area contributed by atoms with Crippen molar-refractivity contribution in [2.45, 2.75) is 57.9 Å². The number of hydrogen-bond donors (Lipinski definition) is 1. The summed E-state index contributed by atoms with van der Waals surface area (Å²) in [6, 6.07) is 0.500. The summed E-state index contributed by atoms with van der Waals surface area (Å²) in [5.74, 6) is 0.907. The van der Waals surface area contributed by atoms with Crippen LogP contribution in [0.4, 0.5) is 0 Å². The molecule has 0 amide bonds. The summed E-state index contributed by atoms with van der Waals surface area (Å²) in [4.78, 5) is 0. The molecule has 1 saturated carbocycles. The van der Waals surface area contributed by atoms with Crippen LogP contribution in [0.5, 0.6) is 0 Å². The molecule has 2 nitrogen and oxygen atoms in total. The van der Waals surface area contributed by atoms with E-state index < -0.39 is 0 Å². The highest BCUT2D eigenvalue weighted by Gasteiger charge is 2.12. The Balaban J connectivity index is 2.11. The topological polar surface area (TPSA) is 21.3 Å². The van der Waals surface area contributed by atoms with E-state index in [0.717, 1.165) is 12.5 Å². The highest BCUT2D eigenvalue weighted by atomic mass is 16.5. The highest BCUT2D eigenvalue weighted by molar-refractivity contribution is 4.68. The molecule has 1 atom stereocenters. The second kappa shape index (κ2) is 8.12. The molecule has 1 N–H and O–H groups in total. The van der Waals surface area contributed by atoms with Gasteiger partial charge in [-0.3, -0.25) is 0 Å².